The molecule has 1 aliphatic heterocycles. The molecular formula is C12H16N2O6. The van der Waals surface area contributed by atoms with E-state index in [4.69, 9.17) is 14.9 Å². The van der Waals surface area contributed by atoms with Gasteiger partial charge in [0.05, 0.1) is 19.3 Å². The average molecular weight is 284 g/mol. The van der Waals surface area contributed by atoms with Gasteiger partial charge in [-0.05, 0) is 12.8 Å². The highest BCUT2D eigenvalue weighted by Crippen LogP contribution is 2.16. The molecule has 1 saturated heterocycles. The molecule has 2 heterocycles. The monoisotopic (exact) mass is 284 g/mol. The second-order valence-corrected chi connectivity index (χ2v) is 4.47. The molecule has 0 spiro atoms. The minimum Gasteiger partial charge on any atom is -0.475 e. The van der Waals surface area contributed by atoms with E-state index in [0.717, 1.165) is 6.07 Å². The number of ether oxygens (including phenoxy) is 1. The lowest BCUT2D eigenvalue weighted by molar-refractivity contribution is -0.00571. The Morgan fingerprint density at radius 3 is 2.70 bits per heavy atom. The van der Waals surface area contributed by atoms with Crippen molar-refractivity contribution in [1.82, 2.24) is 10.1 Å². The van der Waals surface area contributed by atoms with Crippen LogP contribution in [-0.2, 0) is 4.74 Å². The van der Waals surface area contributed by atoms with Gasteiger partial charge in [0.15, 0.2) is 5.69 Å². The van der Waals surface area contributed by atoms with Crippen molar-refractivity contribution in [3.8, 4) is 0 Å². The minimum atomic E-state index is -1.26. The molecule has 1 fully saturated rings. The third-order valence-electron chi connectivity index (χ3n) is 3.11. The fourth-order valence-electron chi connectivity index (χ4n) is 2.08. The molecule has 1 amide bonds. The maximum Gasteiger partial charge on any atom is 0.374 e. The zero-order valence-corrected chi connectivity index (χ0v) is 10.8. The zero-order chi connectivity index (χ0) is 14.5. The van der Waals surface area contributed by atoms with Gasteiger partial charge in [0, 0.05) is 19.2 Å². The SMILES string of the molecule is O=C(O)c1cc(C(=O)N2CCC(OCCO)CC2)no1. The van der Waals surface area contributed by atoms with Crippen LogP contribution in [0.5, 0.6) is 0 Å². The van der Waals surface area contributed by atoms with Crippen LogP contribution in [0.2, 0.25) is 0 Å². The van der Waals surface area contributed by atoms with Crippen molar-refractivity contribution in [3.63, 3.8) is 0 Å². The van der Waals surface area contributed by atoms with E-state index in [1.807, 2.05) is 0 Å². The van der Waals surface area contributed by atoms with Crippen LogP contribution >= 0.6 is 0 Å². The first-order chi connectivity index (χ1) is 9.61. The summed E-state index contributed by atoms with van der Waals surface area (Å²) >= 11 is 0. The molecule has 110 valence electrons. The number of piperidine rings is 1. The van der Waals surface area contributed by atoms with Gasteiger partial charge in [-0.15, -0.1) is 0 Å². The number of carboxylic acid groups (broad SMARTS) is 1. The minimum absolute atomic E-state index is 0.00266. The summed E-state index contributed by atoms with van der Waals surface area (Å²) in [5.41, 5.74) is -0.00266. The van der Waals surface area contributed by atoms with E-state index in [1.165, 1.54) is 0 Å². The fourth-order valence-corrected chi connectivity index (χ4v) is 2.08. The van der Waals surface area contributed by atoms with Crippen LogP contribution in [0.3, 0.4) is 0 Å². The standard InChI is InChI=1S/C12H16N2O6/c15-5-6-19-8-1-3-14(4-2-8)11(16)9-7-10(12(17)18)20-13-9/h7-8,15H,1-6H2,(H,17,18). The first-order valence-electron chi connectivity index (χ1n) is 6.33. The van der Waals surface area contributed by atoms with Crippen molar-refractivity contribution in [2.75, 3.05) is 26.3 Å². The molecule has 2 N–H and O–H groups in total. The Morgan fingerprint density at radius 2 is 2.15 bits per heavy atom. The van der Waals surface area contributed by atoms with E-state index < -0.39 is 5.97 Å². The fraction of sp³-hybridized carbons (Fsp3) is 0.583. The lowest BCUT2D eigenvalue weighted by Crippen LogP contribution is -2.41. The van der Waals surface area contributed by atoms with Gasteiger partial charge in [-0.25, -0.2) is 4.79 Å². The van der Waals surface area contributed by atoms with E-state index >= 15 is 0 Å². The molecule has 0 bridgehead atoms. The average Bonchev–Trinajstić information content (AvgIpc) is 2.95. The van der Waals surface area contributed by atoms with Crippen molar-refractivity contribution < 1.29 is 29.1 Å². The number of hydrogen-bond acceptors (Lipinski definition) is 6. The smallest absolute Gasteiger partial charge is 0.374 e. The highest BCUT2D eigenvalue weighted by Gasteiger charge is 2.26. The molecule has 0 atom stereocenters. The number of aliphatic hydroxyl groups excluding tert-OH is 1. The highest BCUT2D eigenvalue weighted by molar-refractivity contribution is 5.94. The van der Waals surface area contributed by atoms with Crippen LogP contribution in [0.4, 0.5) is 0 Å². The number of aliphatic hydroxyl groups is 1. The van der Waals surface area contributed by atoms with Crippen LogP contribution in [0.25, 0.3) is 0 Å². The molecule has 20 heavy (non-hydrogen) atoms. The summed E-state index contributed by atoms with van der Waals surface area (Å²) in [6.07, 6.45) is 1.39. The first kappa shape index (κ1) is 14.5. The molecule has 8 nitrogen and oxygen atoms in total. The second kappa shape index (κ2) is 6.49. The van der Waals surface area contributed by atoms with Crippen LogP contribution < -0.4 is 0 Å². The number of rotatable bonds is 5. The van der Waals surface area contributed by atoms with Crippen LogP contribution in [0.1, 0.15) is 33.9 Å². The molecule has 1 aromatic heterocycles. The van der Waals surface area contributed by atoms with Crippen molar-refractivity contribution in [2.24, 2.45) is 0 Å². The number of carbonyl (C=O) groups is 2. The lowest BCUT2D eigenvalue weighted by atomic mass is 10.1. The summed E-state index contributed by atoms with van der Waals surface area (Å²) in [5, 5.41) is 20.9. The normalized spacial score (nSPS) is 16.4. The number of likely N-dealkylation sites (tertiary alicyclic amines) is 1. The van der Waals surface area contributed by atoms with Gasteiger partial charge in [-0.2, -0.15) is 0 Å². The Kier molecular flexibility index (Phi) is 4.70. The molecule has 0 saturated carbocycles. The number of carboxylic acids is 1. The van der Waals surface area contributed by atoms with Gasteiger partial charge < -0.3 is 24.4 Å². The number of nitrogens with zero attached hydrogens (tertiary/aromatic N) is 2. The van der Waals surface area contributed by atoms with Crippen molar-refractivity contribution in [2.45, 2.75) is 18.9 Å². The molecule has 1 aromatic rings. The Labute approximate surface area is 114 Å². The Balaban J connectivity index is 1.89. The Hall–Kier alpha value is -1.93. The molecular weight excluding hydrogens is 268 g/mol. The maximum atomic E-state index is 12.1. The van der Waals surface area contributed by atoms with E-state index in [0.29, 0.717) is 32.5 Å². The van der Waals surface area contributed by atoms with Gasteiger partial charge in [-0.3, -0.25) is 4.79 Å². The zero-order valence-electron chi connectivity index (χ0n) is 10.8. The van der Waals surface area contributed by atoms with Crippen molar-refractivity contribution >= 4 is 11.9 Å². The van der Waals surface area contributed by atoms with Crippen LogP contribution in [-0.4, -0.2) is 64.6 Å². The van der Waals surface area contributed by atoms with Gasteiger partial charge >= 0.3 is 5.97 Å². The predicted molar refractivity (Wildman–Crippen MR) is 65.4 cm³/mol. The topological polar surface area (TPSA) is 113 Å². The molecule has 0 aliphatic carbocycles. The summed E-state index contributed by atoms with van der Waals surface area (Å²) in [5.74, 6) is -1.95. The summed E-state index contributed by atoms with van der Waals surface area (Å²) in [6, 6.07) is 1.12. The molecule has 1 aliphatic rings. The Bertz CT molecular complexity index is 478. The summed E-state index contributed by atoms with van der Waals surface area (Å²) < 4.78 is 9.96. The summed E-state index contributed by atoms with van der Waals surface area (Å²) in [6.45, 7) is 1.29. The number of aromatic nitrogens is 1. The number of hydrogen-bond donors (Lipinski definition) is 2. The number of amides is 1. The highest BCUT2D eigenvalue weighted by atomic mass is 16.5. The molecule has 0 radical (unpaired) electrons. The molecule has 2 rings (SSSR count). The number of carbonyl (C=O) groups excluding carboxylic acids is 1. The summed E-state index contributed by atoms with van der Waals surface area (Å²) in [4.78, 5) is 24.3. The quantitative estimate of drug-likeness (QED) is 0.781. The second-order valence-electron chi connectivity index (χ2n) is 4.47. The third-order valence-corrected chi connectivity index (χ3v) is 3.11. The number of aromatic carboxylic acids is 1. The Morgan fingerprint density at radius 1 is 1.45 bits per heavy atom. The molecule has 8 heteroatoms. The molecule has 0 unspecified atom stereocenters. The predicted octanol–water partition coefficient (Wildman–Crippen LogP) is -0.0137. The van der Waals surface area contributed by atoms with E-state index in [1.54, 1.807) is 4.90 Å². The van der Waals surface area contributed by atoms with Crippen molar-refractivity contribution in [3.05, 3.63) is 17.5 Å². The van der Waals surface area contributed by atoms with Crippen LogP contribution in [0, 0.1) is 0 Å². The lowest BCUT2D eigenvalue weighted by Gasteiger charge is -2.31. The van der Waals surface area contributed by atoms with E-state index in [-0.39, 0.29) is 30.1 Å². The van der Waals surface area contributed by atoms with Crippen molar-refractivity contribution in [1.29, 1.82) is 0 Å². The van der Waals surface area contributed by atoms with E-state index in [2.05, 4.69) is 9.68 Å². The first-order valence-corrected chi connectivity index (χ1v) is 6.33. The van der Waals surface area contributed by atoms with Gasteiger partial charge in [0.1, 0.15) is 0 Å². The van der Waals surface area contributed by atoms with Gasteiger partial charge in [-0.1, -0.05) is 5.16 Å². The molecule has 0 aromatic carbocycles. The van der Waals surface area contributed by atoms with Gasteiger partial charge in [0.2, 0.25) is 5.76 Å². The van der Waals surface area contributed by atoms with Crippen LogP contribution in [0.15, 0.2) is 10.6 Å². The largest absolute Gasteiger partial charge is 0.475 e. The van der Waals surface area contributed by atoms with E-state index in [9.17, 15) is 9.59 Å². The maximum absolute atomic E-state index is 12.1. The van der Waals surface area contributed by atoms with Gasteiger partial charge in [0.25, 0.3) is 5.91 Å². The summed E-state index contributed by atoms with van der Waals surface area (Å²) in [7, 11) is 0. The third kappa shape index (κ3) is 3.34.